The van der Waals surface area contributed by atoms with Crippen LogP contribution in [-0.4, -0.2) is 0 Å². The Labute approximate surface area is 287 Å². The highest BCUT2D eigenvalue weighted by atomic mass is 32.1. The molecule has 1 heterocycles. The molecule has 0 amide bonds. The summed E-state index contributed by atoms with van der Waals surface area (Å²) in [4.78, 5) is 0. The maximum absolute atomic E-state index is 2.42. The fourth-order valence-corrected chi connectivity index (χ4v) is 9.71. The van der Waals surface area contributed by atoms with Crippen LogP contribution < -0.4 is 0 Å². The third-order valence-corrected chi connectivity index (χ3v) is 11.9. The largest absolute Gasteiger partial charge is 0.134 e. The second-order valence-electron chi connectivity index (χ2n) is 13.2. The van der Waals surface area contributed by atoms with Crippen molar-refractivity contribution in [1.82, 2.24) is 0 Å². The molecule has 0 N–H and O–H groups in total. The van der Waals surface area contributed by atoms with Gasteiger partial charge in [0.15, 0.2) is 0 Å². The van der Waals surface area contributed by atoms with Gasteiger partial charge in [0.1, 0.15) is 0 Å². The summed E-state index contributed by atoms with van der Waals surface area (Å²) in [5.41, 5.74) is 5.10. The van der Waals surface area contributed by atoms with Crippen molar-refractivity contribution in [2.24, 2.45) is 0 Å². The summed E-state index contributed by atoms with van der Waals surface area (Å²) < 4.78 is 2.68. The molecule has 10 aromatic carbocycles. The van der Waals surface area contributed by atoms with Crippen molar-refractivity contribution in [1.29, 1.82) is 0 Å². The number of benzene rings is 10. The number of hydrogen-bond acceptors (Lipinski definition) is 1. The van der Waals surface area contributed by atoms with Gasteiger partial charge in [-0.1, -0.05) is 158 Å². The Morgan fingerprint density at radius 3 is 1.27 bits per heavy atom. The molecule has 0 radical (unpaired) electrons. The van der Waals surface area contributed by atoms with E-state index in [-0.39, 0.29) is 0 Å². The maximum Gasteiger partial charge on any atom is 0.0434 e. The predicted octanol–water partition coefficient (Wildman–Crippen LogP) is 14.3. The number of rotatable bonds is 2. The number of fused-ring (bicyclic) bond motifs is 14. The number of thiophene rings is 1. The van der Waals surface area contributed by atoms with E-state index in [2.05, 4.69) is 170 Å². The first kappa shape index (κ1) is 27.0. The van der Waals surface area contributed by atoms with E-state index >= 15 is 0 Å². The van der Waals surface area contributed by atoms with Gasteiger partial charge in [0, 0.05) is 20.2 Å². The average Bonchev–Trinajstić information content (AvgIpc) is 3.57. The second-order valence-corrected chi connectivity index (χ2v) is 14.2. The van der Waals surface area contributed by atoms with Crippen molar-refractivity contribution in [2.45, 2.75) is 0 Å². The zero-order valence-corrected chi connectivity index (χ0v) is 27.4. The van der Waals surface area contributed by atoms with Crippen molar-refractivity contribution in [3.63, 3.8) is 0 Å². The molecule has 0 atom stereocenters. The molecule has 0 saturated carbocycles. The molecule has 11 rings (SSSR count). The van der Waals surface area contributed by atoms with Crippen LogP contribution in [0.5, 0.6) is 0 Å². The summed E-state index contributed by atoms with van der Waals surface area (Å²) in [5, 5.41) is 18.3. The highest BCUT2D eigenvalue weighted by Crippen LogP contribution is 2.45. The van der Waals surface area contributed by atoms with Crippen LogP contribution in [0.15, 0.2) is 170 Å². The monoisotopic (exact) mass is 636 g/mol. The first-order valence-electron chi connectivity index (χ1n) is 16.9. The van der Waals surface area contributed by atoms with Gasteiger partial charge in [-0.2, -0.15) is 0 Å². The fourth-order valence-electron chi connectivity index (χ4n) is 8.34. The first-order chi connectivity index (χ1) is 24.3. The minimum atomic E-state index is 1.26. The fraction of sp³-hybridized carbons (Fsp3) is 0. The van der Waals surface area contributed by atoms with Crippen LogP contribution in [0.3, 0.4) is 0 Å². The molecule has 0 fully saturated rings. The van der Waals surface area contributed by atoms with Crippen molar-refractivity contribution < 1.29 is 0 Å². The van der Waals surface area contributed by atoms with E-state index in [1.54, 1.807) is 0 Å². The summed E-state index contributed by atoms with van der Waals surface area (Å²) in [6.45, 7) is 0. The minimum Gasteiger partial charge on any atom is -0.134 e. The Hall–Kier alpha value is -6.02. The van der Waals surface area contributed by atoms with Crippen molar-refractivity contribution in [3.05, 3.63) is 170 Å². The predicted molar refractivity (Wildman–Crippen MR) is 215 cm³/mol. The molecular formula is C48H28S. The average molecular weight is 637 g/mol. The van der Waals surface area contributed by atoms with Gasteiger partial charge in [-0.05, 0) is 99.0 Å². The maximum atomic E-state index is 2.42. The summed E-state index contributed by atoms with van der Waals surface area (Å²) in [7, 11) is 0. The molecule has 0 bridgehead atoms. The minimum absolute atomic E-state index is 1.26. The van der Waals surface area contributed by atoms with E-state index in [1.165, 1.54) is 107 Å². The van der Waals surface area contributed by atoms with Gasteiger partial charge in [-0.25, -0.2) is 0 Å². The van der Waals surface area contributed by atoms with E-state index in [0.717, 1.165) is 0 Å². The summed E-state index contributed by atoms with van der Waals surface area (Å²) in [6, 6.07) is 63.2. The molecule has 1 aromatic heterocycles. The molecule has 0 spiro atoms. The van der Waals surface area contributed by atoms with Crippen LogP contribution in [0.1, 0.15) is 0 Å². The second kappa shape index (κ2) is 10.2. The summed E-state index contributed by atoms with van der Waals surface area (Å²) in [5.74, 6) is 0. The van der Waals surface area contributed by atoms with Crippen LogP contribution in [-0.2, 0) is 0 Å². The Bertz CT molecular complexity index is 3130. The Morgan fingerprint density at radius 1 is 0.245 bits per heavy atom. The van der Waals surface area contributed by atoms with E-state index in [4.69, 9.17) is 0 Å². The van der Waals surface area contributed by atoms with Crippen LogP contribution >= 0.6 is 11.3 Å². The highest BCUT2D eigenvalue weighted by Gasteiger charge is 2.16. The van der Waals surface area contributed by atoms with Gasteiger partial charge in [0.2, 0.25) is 0 Å². The van der Waals surface area contributed by atoms with E-state index < -0.39 is 0 Å². The van der Waals surface area contributed by atoms with Crippen molar-refractivity contribution in [2.75, 3.05) is 0 Å². The van der Waals surface area contributed by atoms with Crippen molar-refractivity contribution >= 4 is 96.1 Å². The third kappa shape index (κ3) is 3.91. The molecule has 0 nitrogen and oxygen atoms in total. The van der Waals surface area contributed by atoms with Gasteiger partial charge in [-0.15, -0.1) is 11.3 Å². The lowest BCUT2D eigenvalue weighted by Crippen LogP contribution is -1.85. The first-order valence-corrected chi connectivity index (χ1v) is 17.7. The molecular weight excluding hydrogens is 609 g/mol. The quantitative estimate of drug-likeness (QED) is 0.166. The van der Waals surface area contributed by atoms with Crippen LogP contribution in [0, 0.1) is 0 Å². The Morgan fingerprint density at radius 2 is 0.633 bits per heavy atom. The smallest absolute Gasteiger partial charge is 0.0434 e. The molecule has 226 valence electrons. The Kier molecular flexibility index (Phi) is 5.64. The highest BCUT2D eigenvalue weighted by molar-refractivity contribution is 7.26. The van der Waals surface area contributed by atoms with Crippen molar-refractivity contribution in [3.8, 4) is 22.3 Å². The molecule has 0 saturated heterocycles. The SMILES string of the molecule is c1ccc2c(c1)ccc1c3cc(-c4cccc5c4sc4c(-c6ccc7c8ccccc8c8ccccc8c7c6)cccc45)ccc3ccc21. The molecule has 0 aliphatic heterocycles. The van der Waals surface area contributed by atoms with Gasteiger partial charge in [-0.3, -0.25) is 0 Å². The van der Waals surface area contributed by atoms with Crippen LogP contribution in [0.25, 0.3) is 107 Å². The van der Waals surface area contributed by atoms with E-state index in [1.807, 2.05) is 11.3 Å². The third-order valence-electron chi connectivity index (χ3n) is 10.6. The molecule has 11 aromatic rings. The summed E-state index contributed by atoms with van der Waals surface area (Å²) in [6.07, 6.45) is 0. The lowest BCUT2D eigenvalue weighted by Gasteiger charge is -2.12. The zero-order valence-electron chi connectivity index (χ0n) is 26.6. The molecule has 0 aliphatic rings. The topological polar surface area (TPSA) is 0 Å². The lowest BCUT2D eigenvalue weighted by molar-refractivity contribution is 1.72. The lowest BCUT2D eigenvalue weighted by atomic mass is 9.92. The summed E-state index contributed by atoms with van der Waals surface area (Å²) >= 11 is 1.93. The van der Waals surface area contributed by atoms with Crippen LogP contribution in [0.2, 0.25) is 0 Å². The molecule has 0 aliphatic carbocycles. The van der Waals surface area contributed by atoms with Gasteiger partial charge >= 0.3 is 0 Å². The standard InChI is InChI=1S/C48H28S/c1-2-10-33-29(9-1)21-25-41-40(33)24-22-30-19-20-31(27-45(30)41)34-15-7-17-43-44-18-8-16-35(48(44)49-47(34)43)32-23-26-42-38-13-4-3-11-36(38)37-12-5-6-14-39(37)46(42)28-32/h1-28H. The van der Waals surface area contributed by atoms with E-state index in [9.17, 15) is 0 Å². The molecule has 0 unspecified atom stereocenters. The normalized spacial score (nSPS) is 12.1. The molecule has 1 heteroatoms. The van der Waals surface area contributed by atoms with Gasteiger partial charge in [0.05, 0.1) is 0 Å². The zero-order chi connectivity index (χ0) is 32.1. The van der Waals surface area contributed by atoms with Gasteiger partial charge < -0.3 is 0 Å². The van der Waals surface area contributed by atoms with E-state index in [0.29, 0.717) is 0 Å². The molecule has 49 heavy (non-hydrogen) atoms. The van der Waals surface area contributed by atoms with Crippen LogP contribution in [0.4, 0.5) is 0 Å². The number of hydrogen-bond donors (Lipinski definition) is 0. The Balaban J connectivity index is 1.13. The van der Waals surface area contributed by atoms with Gasteiger partial charge in [0.25, 0.3) is 0 Å².